The third kappa shape index (κ3) is 2.06. The van der Waals surface area contributed by atoms with E-state index < -0.39 is 0 Å². The monoisotopic (exact) mass is 241 g/mol. The van der Waals surface area contributed by atoms with Gasteiger partial charge in [-0.1, -0.05) is 29.8 Å². The molecule has 0 amide bonds. The van der Waals surface area contributed by atoms with Gasteiger partial charge in [0.25, 0.3) is 0 Å². The molecule has 0 saturated carbocycles. The van der Waals surface area contributed by atoms with E-state index in [0.717, 1.165) is 25.9 Å². The molecular formula is C15H19N3. The Labute approximate surface area is 108 Å². The van der Waals surface area contributed by atoms with Gasteiger partial charge < -0.3 is 9.88 Å². The fourth-order valence-electron chi connectivity index (χ4n) is 2.67. The summed E-state index contributed by atoms with van der Waals surface area (Å²) in [4.78, 5) is 4.78. The van der Waals surface area contributed by atoms with E-state index in [0.29, 0.717) is 0 Å². The van der Waals surface area contributed by atoms with Crippen LogP contribution in [0.3, 0.4) is 0 Å². The van der Waals surface area contributed by atoms with Gasteiger partial charge in [0.2, 0.25) is 0 Å². The van der Waals surface area contributed by atoms with Crippen LogP contribution in [0.15, 0.2) is 24.3 Å². The van der Waals surface area contributed by atoms with E-state index >= 15 is 0 Å². The maximum atomic E-state index is 4.78. The quantitative estimate of drug-likeness (QED) is 0.871. The Hall–Kier alpha value is -1.61. The van der Waals surface area contributed by atoms with Crippen LogP contribution in [0.1, 0.15) is 28.3 Å². The van der Waals surface area contributed by atoms with Crippen molar-refractivity contribution in [3.63, 3.8) is 0 Å². The molecule has 1 aromatic heterocycles. The molecule has 1 aromatic carbocycles. The van der Waals surface area contributed by atoms with Crippen LogP contribution in [0.4, 0.5) is 0 Å². The largest absolute Gasteiger partial charge is 0.334 e. The second-order valence-electron chi connectivity index (χ2n) is 5.07. The average molecular weight is 241 g/mol. The maximum Gasteiger partial charge on any atom is 0.113 e. The van der Waals surface area contributed by atoms with E-state index in [1.54, 1.807) is 0 Å². The zero-order chi connectivity index (χ0) is 12.5. The molecule has 0 spiro atoms. The molecule has 0 atom stereocenters. The fraction of sp³-hybridized carbons (Fsp3) is 0.400. The summed E-state index contributed by atoms with van der Waals surface area (Å²) in [5.41, 5.74) is 5.28. The van der Waals surface area contributed by atoms with Crippen molar-refractivity contribution in [2.75, 3.05) is 6.54 Å². The number of nitrogens with zero attached hydrogens (tertiary/aromatic N) is 2. The molecule has 0 fully saturated rings. The van der Waals surface area contributed by atoms with E-state index in [1.807, 2.05) is 0 Å². The highest BCUT2D eigenvalue weighted by Crippen LogP contribution is 2.17. The smallest absolute Gasteiger partial charge is 0.113 e. The van der Waals surface area contributed by atoms with Gasteiger partial charge in [-0.2, -0.15) is 0 Å². The normalized spacial score (nSPS) is 14.6. The molecule has 2 aromatic rings. The van der Waals surface area contributed by atoms with E-state index in [4.69, 9.17) is 4.98 Å². The van der Waals surface area contributed by atoms with Crippen LogP contribution in [-0.2, 0) is 26.4 Å². The van der Waals surface area contributed by atoms with Crippen molar-refractivity contribution in [3.8, 4) is 0 Å². The van der Waals surface area contributed by atoms with Gasteiger partial charge in [0.1, 0.15) is 5.82 Å². The second kappa shape index (κ2) is 4.58. The lowest BCUT2D eigenvalue weighted by molar-refractivity contribution is 0.610. The molecule has 1 aliphatic rings. The van der Waals surface area contributed by atoms with Gasteiger partial charge in [0.15, 0.2) is 0 Å². The van der Waals surface area contributed by atoms with Crippen LogP contribution in [0.5, 0.6) is 0 Å². The summed E-state index contributed by atoms with van der Waals surface area (Å²) in [5, 5.41) is 3.38. The molecule has 2 heterocycles. The van der Waals surface area contributed by atoms with E-state index in [9.17, 15) is 0 Å². The highest BCUT2D eigenvalue weighted by Gasteiger charge is 2.17. The first-order chi connectivity index (χ1) is 8.74. The Kier molecular flexibility index (Phi) is 2.92. The molecule has 0 bridgehead atoms. The highest BCUT2D eigenvalue weighted by atomic mass is 15.1. The molecule has 0 radical (unpaired) electrons. The second-order valence-corrected chi connectivity index (χ2v) is 5.07. The van der Waals surface area contributed by atoms with Crippen LogP contribution in [-0.4, -0.2) is 16.1 Å². The van der Waals surface area contributed by atoms with Crippen molar-refractivity contribution in [2.45, 2.75) is 26.3 Å². The summed E-state index contributed by atoms with van der Waals surface area (Å²) in [6, 6.07) is 8.68. The Morgan fingerprint density at radius 2 is 2.28 bits per heavy atom. The fourth-order valence-corrected chi connectivity index (χ4v) is 2.67. The van der Waals surface area contributed by atoms with Gasteiger partial charge >= 0.3 is 0 Å². The van der Waals surface area contributed by atoms with Gasteiger partial charge in [-0.05, 0) is 12.5 Å². The van der Waals surface area contributed by atoms with Crippen LogP contribution in [0.25, 0.3) is 0 Å². The zero-order valence-corrected chi connectivity index (χ0v) is 11.0. The van der Waals surface area contributed by atoms with Crippen molar-refractivity contribution in [3.05, 3.63) is 52.6 Å². The number of aryl methyl sites for hydroxylation is 1. The van der Waals surface area contributed by atoms with Crippen LogP contribution in [0.2, 0.25) is 0 Å². The molecule has 0 unspecified atom stereocenters. The first-order valence-electron chi connectivity index (χ1n) is 6.53. The van der Waals surface area contributed by atoms with Crippen molar-refractivity contribution < 1.29 is 0 Å². The molecule has 0 saturated heterocycles. The van der Waals surface area contributed by atoms with Crippen molar-refractivity contribution in [2.24, 2.45) is 7.05 Å². The number of nitrogens with one attached hydrogen (secondary N) is 1. The lowest BCUT2D eigenvalue weighted by Crippen LogP contribution is -2.24. The maximum absolute atomic E-state index is 4.78. The van der Waals surface area contributed by atoms with Crippen molar-refractivity contribution in [1.29, 1.82) is 0 Å². The number of rotatable bonds is 2. The molecule has 1 N–H and O–H groups in total. The van der Waals surface area contributed by atoms with Gasteiger partial charge in [-0.25, -0.2) is 4.98 Å². The van der Waals surface area contributed by atoms with Crippen LogP contribution < -0.4 is 5.32 Å². The standard InChI is InChI=1S/C15H19N3/c1-11-4-3-5-12(8-11)9-15-17-13-10-16-7-6-14(13)18(15)2/h3-5,8,16H,6-7,9-10H2,1-2H3. The predicted octanol–water partition coefficient (Wildman–Crippen LogP) is 1.97. The lowest BCUT2D eigenvalue weighted by atomic mass is 10.1. The minimum Gasteiger partial charge on any atom is -0.334 e. The molecule has 94 valence electrons. The summed E-state index contributed by atoms with van der Waals surface area (Å²) in [6.45, 7) is 4.12. The molecule has 18 heavy (non-hydrogen) atoms. The third-order valence-corrected chi connectivity index (χ3v) is 3.66. The number of imidazole rings is 1. The zero-order valence-electron chi connectivity index (χ0n) is 11.0. The third-order valence-electron chi connectivity index (χ3n) is 3.66. The van der Waals surface area contributed by atoms with Crippen LogP contribution in [0, 0.1) is 6.92 Å². The Morgan fingerprint density at radius 1 is 1.39 bits per heavy atom. The molecule has 3 nitrogen and oxygen atoms in total. The molecule has 0 aliphatic carbocycles. The van der Waals surface area contributed by atoms with E-state index in [-0.39, 0.29) is 0 Å². The number of benzene rings is 1. The first-order valence-corrected chi connectivity index (χ1v) is 6.53. The highest BCUT2D eigenvalue weighted by molar-refractivity contribution is 5.27. The number of fused-ring (bicyclic) bond motifs is 1. The van der Waals surface area contributed by atoms with Crippen LogP contribution >= 0.6 is 0 Å². The Balaban J connectivity index is 1.91. The van der Waals surface area contributed by atoms with E-state index in [2.05, 4.69) is 48.1 Å². The van der Waals surface area contributed by atoms with Gasteiger partial charge in [0.05, 0.1) is 5.69 Å². The van der Waals surface area contributed by atoms with Gasteiger partial charge in [0, 0.05) is 38.7 Å². The SMILES string of the molecule is Cc1cccc(Cc2nc3c(n2C)CCNC3)c1. The molecular weight excluding hydrogens is 222 g/mol. The average Bonchev–Trinajstić information content (AvgIpc) is 2.67. The number of hydrogen-bond donors (Lipinski definition) is 1. The number of hydrogen-bond acceptors (Lipinski definition) is 2. The van der Waals surface area contributed by atoms with Gasteiger partial charge in [-0.3, -0.25) is 0 Å². The predicted molar refractivity (Wildman–Crippen MR) is 72.6 cm³/mol. The van der Waals surface area contributed by atoms with E-state index in [1.165, 1.54) is 28.3 Å². The summed E-state index contributed by atoms with van der Waals surface area (Å²) in [5.74, 6) is 1.18. The minimum absolute atomic E-state index is 0.914. The lowest BCUT2D eigenvalue weighted by Gasteiger charge is -2.13. The molecule has 1 aliphatic heterocycles. The first kappa shape index (κ1) is 11.5. The Bertz CT molecular complexity index is 569. The minimum atomic E-state index is 0.914. The summed E-state index contributed by atoms with van der Waals surface area (Å²) < 4.78 is 2.28. The van der Waals surface area contributed by atoms with Gasteiger partial charge in [-0.15, -0.1) is 0 Å². The number of aromatic nitrogens is 2. The summed E-state index contributed by atoms with van der Waals surface area (Å²) >= 11 is 0. The van der Waals surface area contributed by atoms with Crippen molar-refractivity contribution >= 4 is 0 Å². The summed E-state index contributed by atoms with van der Waals surface area (Å²) in [6.07, 6.45) is 2.01. The summed E-state index contributed by atoms with van der Waals surface area (Å²) in [7, 11) is 2.14. The topological polar surface area (TPSA) is 29.9 Å². The Morgan fingerprint density at radius 3 is 3.06 bits per heavy atom. The molecule has 3 rings (SSSR count). The molecule has 3 heteroatoms. The van der Waals surface area contributed by atoms with Crippen molar-refractivity contribution in [1.82, 2.24) is 14.9 Å².